The zero-order valence-corrected chi connectivity index (χ0v) is 25.4. The van der Waals surface area contributed by atoms with Crippen molar-refractivity contribution in [2.45, 2.75) is 50.7 Å². The molecule has 0 N–H and O–H groups in total. The Bertz CT molecular complexity index is 1380. The van der Waals surface area contributed by atoms with Crippen LogP contribution in [0, 0.1) is 5.92 Å². The molecule has 10 nitrogen and oxygen atoms in total. The summed E-state index contributed by atoms with van der Waals surface area (Å²) in [6.45, 7) is 4.17. The van der Waals surface area contributed by atoms with Crippen molar-refractivity contribution in [1.82, 2.24) is 14.7 Å². The number of amides is 3. The van der Waals surface area contributed by atoms with Crippen molar-refractivity contribution >= 4 is 23.4 Å². The van der Waals surface area contributed by atoms with Crippen LogP contribution in [0.15, 0.2) is 36.4 Å². The summed E-state index contributed by atoms with van der Waals surface area (Å²) in [5.74, 6) is 0.770. The minimum atomic E-state index is -0.681. The molecule has 2 fully saturated rings. The van der Waals surface area contributed by atoms with Crippen LogP contribution in [0.3, 0.4) is 0 Å². The average molecular weight is 591 g/mol. The van der Waals surface area contributed by atoms with Crippen LogP contribution in [0.1, 0.15) is 71.0 Å². The lowest BCUT2D eigenvalue weighted by Gasteiger charge is -2.46. The third-order valence-electron chi connectivity index (χ3n) is 9.65. The second kappa shape index (κ2) is 12.5. The second-order valence-electron chi connectivity index (χ2n) is 11.9. The van der Waals surface area contributed by atoms with E-state index in [9.17, 15) is 14.4 Å². The monoisotopic (exact) mass is 590 g/mol. The lowest BCUT2D eigenvalue weighted by Crippen LogP contribution is -2.52. The number of hydrogen-bond donors (Lipinski definition) is 0. The predicted octanol–water partition coefficient (Wildman–Crippen LogP) is 3.95. The van der Waals surface area contributed by atoms with E-state index in [1.165, 1.54) is 33.5 Å². The number of anilines is 1. The summed E-state index contributed by atoms with van der Waals surface area (Å²) in [6, 6.07) is 11.3. The van der Waals surface area contributed by atoms with Gasteiger partial charge in [0.2, 0.25) is 5.91 Å². The van der Waals surface area contributed by atoms with Gasteiger partial charge in [0.1, 0.15) is 6.17 Å². The topological polar surface area (TPSA) is 91.9 Å². The Hall–Kier alpha value is -3.63. The Morgan fingerprint density at radius 1 is 0.953 bits per heavy atom. The van der Waals surface area contributed by atoms with Gasteiger partial charge in [0.15, 0.2) is 11.5 Å². The zero-order chi connectivity index (χ0) is 30.1. The van der Waals surface area contributed by atoms with Crippen molar-refractivity contribution in [2.75, 3.05) is 65.6 Å². The lowest BCUT2D eigenvalue weighted by atomic mass is 9.83. The van der Waals surface area contributed by atoms with Crippen LogP contribution in [-0.2, 0) is 9.53 Å². The summed E-state index contributed by atoms with van der Waals surface area (Å²) in [6.07, 6.45) is 5.45. The first-order valence-corrected chi connectivity index (χ1v) is 15.5. The first-order chi connectivity index (χ1) is 21.0. The Labute approximate surface area is 253 Å². The minimum Gasteiger partial charge on any atom is -0.493 e. The molecule has 2 saturated heterocycles. The molecule has 4 heterocycles. The highest BCUT2D eigenvalue weighted by Gasteiger charge is 2.49. The molecular weight excluding hydrogens is 548 g/mol. The molecule has 3 amide bonds. The van der Waals surface area contributed by atoms with Crippen molar-refractivity contribution in [3.63, 3.8) is 0 Å². The standard InChI is InChI=1S/C33H42N4O6/c1-41-20-19-35(21-22-9-8-17-34-16-7-6-11-25(22)34)28(38)15-18-36-31-24-13-14-27(42-2)30(43-3)29(24)33(40)37(31)26-12-5-4-10-23(26)32(36)39/h4-5,10,12-14,22,25,31H,6-9,11,15-21H2,1-3H3/t22-,25+,31+/m0/s1. The number of nitrogens with zero attached hydrogens (tertiary/aromatic N) is 4. The van der Waals surface area contributed by atoms with E-state index in [0.29, 0.717) is 65.5 Å². The van der Waals surface area contributed by atoms with Crippen molar-refractivity contribution in [3.05, 3.63) is 53.1 Å². The number of fused-ring (bicyclic) bond motifs is 6. The van der Waals surface area contributed by atoms with Gasteiger partial charge in [0, 0.05) is 44.8 Å². The van der Waals surface area contributed by atoms with E-state index in [1.807, 2.05) is 17.0 Å². The van der Waals surface area contributed by atoms with Gasteiger partial charge in [-0.05, 0) is 62.9 Å². The molecule has 6 rings (SSSR count). The fourth-order valence-corrected chi connectivity index (χ4v) is 7.62. The first kappa shape index (κ1) is 29.4. The van der Waals surface area contributed by atoms with Crippen LogP contribution in [0.4, 0.5) is 5.69 Å². The van der Waals surface area contributed by atoms with Gasteiger partial charge in [-0.1, -0.05) is 24.6 Å². The van der Waals surface area contributed by atoms with Crippen molar-refractivity contribution in [1.29, 1.82) is 0 Å². The molecule has 0 spiro atoms. The number of hydrogen-bond acceptors (Lipinski definition) is 7. The molecule has 2 aromatic carbocycles. The van der Waals surface area contributed by atoms with Crippen LogP contribution in [0.2, 0.25) is 0 Å². The second-order valence-corrected chi connectivity index (χ2v) is 11.9. The quantitative estimate of drug-likeness (QED) is 0.414. The number of ether oxygens (including phenoxy) is 3. The first-order valence-electron chi connectivity index (χ1n) is 15.5. The summed E-state index contributed by atoms with van der Waals surface area (Å²) in [4.78, 5) is 49.6. The number of para-hydroxylation sites is 1. The molecule has 0 unspecified atom stereocenters. The molecule has 0 bridgehead atoms. The molecule has 230 valence electrons. The minimum absolute atomic E-state index is 0.0000462. The summed E-state index contributed by atoms with van der Waals surface area (Å²) in [7, 11) is 4.69. The maximum absolute atomic E-state index is 14.0. The van der Waals surface area contributed by atoms with Gasteiger partial charge in [-0.3, -0.25) is 19.3 Å². The van der Waals surface area contributed by atoms with Crippen LogP contribution in [0.25, 0.3) is 0 Å². The van der Waals surface area contributed by atoms with Crippen LogP contribution >= 0.6 is 0 Å². The third-order valence-corrected chi connectivity index (χ3v) is 9.65. The average Bonchev–Trinajstić information content (AvgIpc) is 3.34. The molecule has 0 aromatic heterocycles. The summed E-state index contributed by atoms with van der Waals surface area (Å²) in [5, 5.41) is 0. The van der Waals surface area contributed by atoms with Crippen LogP contribution in [-0.4, -0.2) is 99.1 Å². The van der Waals surface area contributed by atoms with E-state index in [0.717, 1.165) is 25.9 Å². The molecule has 10 heteroatoms. The molecule has 0 saturated carbocycles. The van der Waals surface area contributed by atoms with Crippen LogP contribution < -0.4 is 14.4 Å². The number of methoxy groups -OCH3 is 3. The van der Waals surface area contributed by atoms with Gasteiger partial charge in [-0.15, -0.1) is 0 Å². The van der Waals surface area contributed by atoms with Crippen LogP contribution in [0.5, 0.6) is 11.5 Å². The fourth-order valence-electron chi connectivity index (χ4n) is 7.62. The van der Waals surface area contributed by atoms with Crippen molar-refractivity contribution in [2.24, 2.45) is 5.92 Å². The van der Waals surface area contributed by atoms with Gasteiger partial charge in [0.25, 0.3) is 11.8 Å². The highest BCUT2D eigenvalue weighted by molar-refractivity contribution is 6.18. The highest BCUT2D eigenvalue weighted by atomic mass is 16.5. The van der Waals surface area contributed by atoms with Gasteiger partial charge in [-0.2, -0.15) is 0 Å². The normalized spacial score (nSPS) is 22.9. The summed E-state index contributed by atoms with van der Waals surface area (Å²) >= 11 is 0. The summed E-state index contributed by atoms with van der Waals surface area (Å²) in [5.41, 5.74) is 2.03. The largest absolute Gasteiger partial charge is 0.493 e. The Morgan fingerprint density at radius 3 is 2.56 bits per heavy atom. The van der Waals surface area contributed by atoms with E-state index in [1.54, 1.807) is 41.2 Å². The maximum Gasteiger partial charge on any atom is 0.264 e. The van der Waals surface area contributed by atoms with E-state index >= 15 is 0 Å². The van der Waals surface area contributed by atoms with E-state index in [4.69, 9.17) is 14.2 Å². The van der Waals surface area contributed by atoms with E-state index in [-0.39, 0.29) is 30.7 Å². The SMILES string of the molecule is COCCN(C[C@@H]1CCCN2CCCC[C@H]12)C(=O)CCN1C(=O)c2ccccc2N2C(=O)c3c(ccc(OC)c3OC)[C@H]12. The Kier molecular flexibility index (Phi) is 8.59. The smallest absolute Gasteiger partial charge is 0.264 e. The summed E-state index contributed by atoms with van der Waals surface area (Å²) < 4.78 is 16.5. The number of carbonyl (C=O) groups is 3. The molecule has 43 heavy (non-hydrogen) atoms. The third kappa shape index (κ3) is 5.25. The Balaban J connectivity index is 1.27. The van der Waals surface area contributed by atoms with Crippen molar-refractivity contribution < 1.29 is 28.6 Å². The molecule has 3 atom stereocenters. The highest BCUT2D eigenvalue weighted by Crippen LogP contribution is 2.49. The number of rotatable bonds is 10. The number of piperidine rings is 2. The van der Waals surface area contributed by atoms with E-state index < -0.39 is 6.17 Å². The molecule has 2 aromatic rings. The van der Waals surface area contributed by atoms with Gasteiger partial charge >= 0.3 is 0 Å². The van der Waals surface area contributed by atoms with Gasteiger partial charge in [-0.25, -0.2) is 0 Å². The molecule has 4 aliphatic heterocycles. The number of carbonyl (C=O) groups excluding carboxylic acids is 3. The maximum atomic E-state index is 14.0. The van der Waals surface area contributed by atoms with Crippen molar-refractivity contribution in [3.8, 4) is 11.5 Å². The molecule has 0 aliphatic carbocycles. The zero-order valence-electron chi connectivity index (χ0n) is 25.4. The van der Waals surface area contributed by atoms with Gasteiger partial charge < -0.3 is 28.9 Å². The van der Waals surface area contributed by atoms with Gasteiger partial charge in [0.05, 0.1) is 37.6 Å². The molecular formula is C33H42N4O6. The Morgan fingerprint density at radius 2 is 1.77 bits per heavy atom. The number of benzene rings is 2. The fraction of sp³-hybridized carbons (Fsp3) is 0.545. The predicted molar refractivity (Wildman–Crippen MR) is 162 cm³/mol. The molecule has 4 aliphatic rings. The van der Waals surface area contributed by atoms with E-state index in [2.05, 4.69) is 4.90 Å². The molecule has 0 radical (unpaired) electrons. The lowest BCUT2D eigenvalue weighted by molar-refractivity contribution is -0.133.